The van der Waals surface area contributed by atoms with E-state index in [1.807, 2.05) is 0 Å². The molecule has 0 unspecified atom stereocenters. The van der Waals surface area contributed by atoms with Gasteiger partial charge in [0, 0.05) is 34.1 Å². The van der Waals surface area contributed by atoms with E-state index in [1.165, 1.54) is 115 Å². The average Bonchev–Trinajstić information content (AvgIpc) is 3.36. The number of hydrogen-bond donors (Lipinski definition) is 0. The fourth-order valence-corrected chi connectivity index (χ4v) is 11.6. The largest absolute Gasteiger partial charge is 0.311 e. The molecule has 0 aliphatic heterocycles. The maximum atomic E-state index is 2.57. The summed E-state index contributed by atoms with van der Waals surface area (Å²) in [6.45, 7) is 0. The number of hydrogen-bond acceptors (Lipinski definition) is 2. The number of para-hydroxylation sites is 2. The summed E-state index contributed by atoms with van der Waals surface area (Å²) in [7, 11) is 0. The molecule has 0 amide bonds. The molecule has 0 bridgehead atoms. The predicted octanol–water partition coefficient (Wildman–Crippen LogP) is 17.6. The Bertz CT molecular complexity index is 3180. The Morgan fingerprint density at radius 2 is 1.03 bits per heavy atom. The summed E-state index contributed by atoms with van der Waals surface area (Å²) >= 11 is 0. The lowest BCUT2D eigenvalue weighted by molar-refractivity contribution is 0.669. The van der Waals surface area contributed by atoms with Gasteiger partial charge in [0.2, 0.25) is 0 Å². The van der Waals surface area contributed by atoms with Crippen molar-refractivity contribution in [1.29, 1.82) is 0 Å². The Hall–Kier alpha value is -6.90. The number of allylic oxidation sites excluding steroid dienone is 7. The third-order valence-electron chi connectivity index (χ3n) is 14.5. The molecular weight excluding hydrogens is 773 g/mol. The van der Waals surface area contributed by atoms with Crippen LogP contribution in [-0.4, -0.2) is 0 Å². The maximum absolute atomic E-state index is 2.57. The predicted molar refractivity (Wildman–Crippen MR) is 273 cm³/mol. The monoisotopic (exact) mass is 826 g/mol. The summed E-state index contributed by atoms with van der Waals surface area (Å²) in [4.78, 5) is 4.96. The van der Waals surface area contributed by atoms with Crippen LogP contribution < -0.4 is 9.80 Å². The van der Waals surface area contributed by atoms with E-state index in [2.05, 4.69) is 192 Å². The summed E-state index contributed by atoms with van der Waals surface area (Å²) in [6, 6.07) is 59.7. The number of nitrogens with zero attached hydrogens (tertiary/aromatic N) is 2. The highest BCUT2D eigenvalue weighted by Gasteiger charge is 2.28. The van der Waals surface area contributed by atoms with Crippen molar-refractivity contribution in [3.8, 4) is 11.1 Å². The minimum atomic E-state index is 1.04. The lowest BCUT2D eigenvalue weighted by atomic mass is 9.75. The van der Waals surface area contributed by atoms with Gasteiger partial charge in [0.05, 0.1) is 0 Å². The molecule has 2 heteroatoms. The first kappa shape index (κ1) is 38.7. The van der Waals surface area contributed by atoms with E-state index in [1.54, 1.807) is 16.7 Å². The van der Waals surface area contributed by atoms with Crippen molar-refractivity contribution in [1.82, 2.24) is 0 Å². The quantitative estimate of drug-likeness (QED) is 0.141. The highest BCUT2D eigenvalue weighted by molar-refractivity contribution is 6.21. The van der Waals surface area contributed by atoms with Crippen LogP contribution in [0.15, 0.2) is 199 Å². The number of fused-ring (bicyclic) bond motifs is 5. The van der Waals surface area contributed by atoms with Crippen molar-refractivity contribution < 1.29 is 0 Å². The first-order valence-electron chi connectivity index (χ1n) is 23.9. The highest BCUT2D eigenvalue weighted by Crippen LogP contribution is 2.51. The van der Waals surface area contributed by atoms with Crippen molar-refractivity contribution in [3.63, 3.8) is 0 Å². The van der Waals surface area contributed by atoms with Gasteiger partial charge >= 0.3 is 0 Å². The smallest absolute Gasteiger partial charge is 0.0468 e. The highest BCUT2D eigenvalue weighted by atomic mass is 15.1. The Kier molecular flexibility index (Phi) is 10.1. The fourth-order valence-electron chi connectivity index (χ4n) is 11.6. The molecular formula is C62H54N2. The summed E-state index contributed by atoms with van der Waals surface area (Å²) < 4.78 is 0. The van der Waals surface area contributed by atoms with Gasteiger partial charge in [-0.15, -0.1) is 0 Å². The van der Waals surface area contributed by atoms with E-state index in [4.69, 9.17) is 0 Å². The second-order valence-electron chi connectivity index (χ2n) is 18.3. The SMILES string of the molecule is C1=CC(N(c2ccc3ccccc3c2)c2ccc3c(C4=C5CCCCC5=CCC4)c4cc(N(c5ccccc5)c5ccccc5)ccc4c(-c4cccc5c4CCCC5)c3c2)=CCC1. The van der Waals surface area contributed by atoms with Gasteiger partial charge in [-0.2, -0.15) is 0 Å². The number of anilines is 5. The van der Waals surface area contributed by atoms with Gasteiger partial charge in [-0.1, -0.05) is 115 Å². The third kappa shape index (κ3) is 6.88. The molecule has 0 aromatic heterocycles. The Balaban J connectivity index is 1.19. The van der Waals surface area contributed by atoms with Gasteiger partial charge in [0.1, 0.15) is 0 Å². The lowest BCUT2D eigenvalue weighted by Crippen LogP contribution is -2.16. The number of rotatable bonds is 8. The second kappa shape index (κ2) is 16.7. The minimum Gasteiger partial charge on any atom is -0.311 e. The maximum Gasteiger partial charge on any atom is 0.0468 e. The summed E-state index contributed by atoms with van der Waals surface area (Å²) in [6.07, 6.45) is 23.6. The molecule has 12 rings (SSSR count). The zero-order valence-electron chi connectivity index (χ0n) is 36.7. The number of benzene rings is 8. The van der Waals surface area contributed by atoms with Crippen LogP contribution in [0.4, 0.5) is 28.4 Å². The Morgan fingerprint density at radius 1 is 0.375 bits per heavy atom. The second-order valence-corrected chi connectivity index (χ2v) is 18.3. The van der Waals surface area contributed by atoms with Crippen LogP contribution in [0.2, 0.25) is 0 Å². The zero-order valence-corrected chi connectivity index (χ0v) is 36.7. The van der Waals surface area contributed by atoms with Crippen molar-refractivity contribution in [3.05, 3.63) is 216 Å². The van der Waals surface area contributed by atoms with Gasteiger partial charge in [-0.05, 0) is 221 Å². The average molecular weight is 827 g/mol. The molecule has 2 nitrogen and oxygen atoms in total. The molecule has 0 heterocycles. The molecule has 1 saturated carbocycles. The molecule has 0 radical (unpaired) electrons. The molecule has 0 atom stereocenters. The topological polar surface area (TPSA) is 6.48 Å². The van der Waals surface area contributed by atoms with Crippen molar-refractivity contribution in [2.45, 2.75) is 77.0 Å². The molecule has 8 aromatic rings. The fraction of sp³-hybridized carbons (Fsp3) is 0.194. The van der Waals surface area contributed by atoms with Gasteiger partial charge in [0.25, 0.3) is 0 Å². The lowest BCUT2D eigenvalue weighted by Gasteiger charge is -2.31. The van der Waals surface area contributed by atoms with Crippen LogP contribution >= 0.6 is 0 Å². The van der Waals surface area contributed by atoms with Crippen LogP contribution in [0.1, 0.15) is 80.9 Å². The van der Waals surface area contributed by atoms with Crippen molar-refractivity contribution >= 4 is 66.3 Å². The molecule has 312 valence electrons. The normalized spacial score (nSPS) is 16.1. The number of aryl methyl sites for hydroxylation is 1. The molecule has 8 aromatic carbocycles. The molecule has 64 heavy (non-hydrogen) atoms. The third-order valence-corrected chi connectivity index (χ3v) is 14.5. The van der Waals surface area contributed by atoms with Gasteiger partial charge in [-0.25, -0.2) is 0 Å². The van der Waals surface area contributed by atoms with Crippen LogP contribution in [0.3, 0.4) is 0 Å². The van der Waals surface area contributed by atoms with Gasteiger partial charge < -0.3 is 9.80 Å². The zero-order chi connectivity index (χ0) is 42.4. The van der Waals surface area contributed by atoms with Crippen molar-refractivity contribution in [2.24, 2.45) is 0 Å². The summed E-state index contributed by atoms with van der Waals surface area (Å²) in [5, 5.41) is 7.94. The van der Waals surface area contributed by atoms with Gasteiger partial charge in [0.15, 0.2) is 0 Å². The Morgan fingerprint density at radius 3 is 1.81 bits per heavy atom. The molecule has 1 fully saturated rings. The molecule has 0 saturated heterocycles. The standard InChI is InChI=1S/C62H54N2/c1-4-24-47(25-5-1)63(48-26-6-2-7-27-48)51-36-38-57-59(41-51)61(55-32-16-22-44-19-12-14-30-53(44)55)58-39-37-52(42-60(58)62(57)56-33-17-23-45-20-13-15-31-54(45)56)64(49-28-8-3-9-29-49)50-35-34-43-18-10-11-21-46(43)40-50/h1-2,4-8,10-11,17-18,21-29,33-42H,3,9,12-16,19-20,30-32H2. The van der Waals surface area contributed by atoms with E-state index >= 15 is 0 Å². The van der Waals surface area contributed by atoms with E-state index in [0.29, 0.717) is 0 Å². The first-order chi connectivity index (χ1) is 31.8. The molecule has 4 aliphatic rings. The molecule has 0 spiro atoms. The van der Waals surface area contributed by atoms with E-state index in [9.17, 15) is 0 Å². The van der Waals surface area contributed by atoms with E-state index < -0.39 is 0 Å². The first-order valence-corrected chi connectivity index (χ1v) is 23.9. The molecule has 4 aliphatic carbocycles. The van der Waals surface area contributed by atoms with Crippen molar-refractivity contribution in [2.75, 3.05) is 9.80 Å². The summed E-state index contributed by atoms with van der Waals surface area (Å²) in [5.74, 6) is 0. The van der Waals surface area contributed by atoms with E-state index in [-0.39, 0.29) is 0 Å². The van der Waals surface area contributed by atoms with Crippen LogP contribution in [0.25, 0.3) is 49.0 Å². The Labute approximate surface area is 378 Å². The minimum absolute atomic E-state index is 1.04. The summed E-state index contributed by atoms with van der Waals surface area (Å²) in [5.41, 5.74) is 19.2. The van der Waals surface area contributed by atoms with Crippen LogP contribution in [0, 0.1) is 0 Å². The van der Waals surface area contributed by atoms with E-state index in [0.717, 1.165) is 56.3 Å². The molecule has 0 N–H and O–H groups in total. The van der Waals surface area contributed by atoms with Crippen LogP contribution in [0.5, 0.6) is 0 Å². The van der Waals surface area contributed by atoms with Gasteiger partial charge in [-0.3, -0.25) is 0 Å². The van der Waals surface area contributed by atoms with Crippen LogP contribution in [-0.2, 0) is 12.8 Å².